The Labute approximate surface area is 104 Å². The highest BCUT2D eigenvalue weighted by Gasteiger charge is 2.11. The van der Waals surface area contributed by atoms with Gasteiger partial charge in [-0.2, -0.15) is 5.26 Å². The molecule has 96 valence electrons. The van der Waals surface area contributed by atoms with Crippen LogP contribution in [0.4, 0.5) is 8.78 Å². The molecule has 3 nitrogen and oxygen atoms in total. The largest absolute Gasteiger partial charge is 0.340 e. The lowest BCUT2D eigenvalue weighted by Gasteiger charge is -2.09. The van der Waals surface area contributed by atoms with Gasteiger partial charge >= 0.3 is 0 Å². The van der Waals surface area contributed by atoms with Gasteiger partial charge in [0.2, 0.25) is 5.91 Å². The number of nitrogens with zero attached hydrogens (tertiary/aromatic N) is 1. The molecule has 18 heavy (non-hydrogen) atoms. The molecule has 0 spiro atoms. The molecule has 0 fully saturated rings. The number of halogens is 2. The zero-order chi connectivity index (χ0) is 13.5. The topological polar surface area (TPSA) is 52.9 Å². The Balaban J connectivity index is 2.53. The van der Waals surface area contributed by atoms with Crippen molar-refractivity contribution >= 4 is 5.91 Å². The normalized spacial score (nSPS) is 11.7. The molecule has 1 aromatic carbocycles. The van der Waals surface area contributed by atoms with Crippen molar-refractivity contribution in [2.45, 2.75) is 32.2 Å². The second kappa shape index (κ2) is 6.70. The molecule has 1 aromatic rings. The number of hydrogen-bond donors (Lipinski definition) is 1. The summed E-state index contributed by atoms with van der Waals surface area (Å²) in [5.41, 5.74) is 0.162. The number of aryl methyl sites for hydroxylation is 1. The van der Waals surface area contributed by atoms with Crippen LogP contribution in [0, 0.1) is 23.0 Å². The quantitative estimate of drug-likeness (QED) is 0.874. The van der Waals surface area contributed by atoms with Crippen LogP contribution in [0.15, 0.2) is 18.2 Å². The third-order valence-electron chi connectivity index (χ3n) is 2.53. The molecule has 0 aliphatic rings. The standard InChI is InChI=1S/C13H14F2N2O/c1-2-11(8-16)17-13(18)6-3-9-7-10(14)4-5-12(9)15/h4-5,7,11H,2-3,6H2,1H3,(H,17,18)/t11-/m0/s1. The highest BCUT2D eigenvalue weighted by molar-refractivity contribution is 5.76. The van der Waals surface area contributed by atoms with E-state index in [0.29, 0.717) is 6.42 Å². The van der Waals surface area contributed by atoms with Crippen LogP contribution in [-0.4, -0.2) is 11.9 Å². The Bertz CT molecular complexity index is 469. The first-order valence-corrected chi connectivity index (χ1v) is 5.69. The van der Waals surface area contributed by atoms with E-state index in [9.17, 15) is 13.6 Å². The van der Waals surface area contributed by atoms with Crippen LogP contribution in [0.2, 0.25) is 0 Å². The summed E-state index contributed by atoms with van der Waals surface area (Å²) in [5.74, 6) is -1.40. The van der Waals surface area contributed by atoms with Crippen LogP contribution < -0.4 is 5.32 Å². The molecule has 0 heterocycles. The van der Waals surface area contributed by atoms with Gasteiger partial charge in [0.25, 0.3) is 0 Å². The summed E-state index contributed by atoms with van der Waals surface area (Å²) in [6, 6.07) is 4.54. The van der Waals surface area contributed by atoms with E-state index in [1.54, 1.807) is 6.92 Å². The molecule has 0 saturated heterocycles. The molecule has 1 N–H and O–H groups in total. The number of carbonyl (C=O) groups excluding carboxylic acids is 1. The van der Waals surface area contributed by atoms with E-state index in [0.717, 1.165) is 18.2 Å². The van der Waals surface area contributed by atoms with Gasteiger partial charge in [0.1, 0.15) is 17.7 Å². The second-order valence-electron chi connectivity index (χ2n) is 3.89. The van der Waals surface area contributed by atoms with E-state index in [1.165, 1.54) is 0 Å². The first-order valence-electron chi connectivity index (χ1n) is 5.69. The zero-order valence-corrected chi connectivity index (χ0v) is 10.0. The second-order valence-corrected chi connectivity index (χ2v) is 3.89. The van der Waals surface area contributed by atoms with Crippen molar-refractivity contribution in [2.75, 3.05) is 0 Å². The number of nitrogens with one attached hydrogen (secondary N) is 1. The van der Waals surface area contributed by atoms with Crippen molar-refractivity contribution in [3.63, 3.8) is 0 Å². The Hall–Kier alpha value is -1.96. The van der Waals surface area contributed by atoms with E-state index in [1.807, 2.05) is 6.07 Å². The maximum atomic E-state index is 13.3. The van der Waals surface area contributed by atoms with Gasteiger partial charge in [-0.25, -0.2) is 8.78 Å². The predicted molar refractivity (Wildman–Crippen MR) is 62.5 cm³/mol. The number of benzene rings is 1. The SMILES string of the molecule is CC[C@@H](C#N)NC(=O)CCc1cc(F)ccc1F. The number of carbonyl (C=O) groups is 1. The van der Waals surface area contributed by atoms with Crippen LogP contribution in [0.3, 0.4) is 0 Å². The predicted octanol–water partition coefficient (Wildman–Crippen LogP) is 2.32. The van der Waals surface area contributed by atoms with Crippen LogP contribution in [0.5, 0.6) is 0 Å². The minimum absolute atomic E-state index is 0.0263. The number of amides is 1. The van der Waals surface area contributed by atoms with Crippen LogP contribution in [0.1, 0.15) is 25.3 Å². The molecule has 1 amide bonds. The van der Waals surface area contributed by atoms with Crippen LogP contribution in [0.25, 0.3) is 0 Å². The lowest BCUT2D eigenvalue weighted by atomic mass is 10.1. The fraction of sp³-hybridized carbons (Fsp3) is 0.385. The molecule has 0 radical (unpaired) electrons. The smallest absolute Gasteiger partial charge is 0.221 e. The van der Waals surface area contributed by atoms with Crippen LogP contribution >= 0.6 is 0 Å². The average Bonchev–Trinajstić information content (AvgIpc) is 2.37. The van der Waals surface area contributed by atoms with E-state index >= 15 is 0 Å². The van der Waals surface area contributed by atoms with Gasteiger partial charge < -0.3 is 5.32 Å². The minimum atomic E-state index is -0.533. The number of nitriles is 1. The summed E-state index contributed by atoms with van der Waals surface area (Å²) in [7, 11) is 0. The maximum Gasteiger partial charge on any atom is 0.221 e. The van der Waals surface area contributed by atoms with E-state index in [-0.39, 0.29) is 24.3 Å². The number of rotatable bonds is 5. The third-order valence-corrected chi connectivity index (χ3v) is 2.53. The van der Waals surface area contributed by atoms with Crippen molar-refractivity contribution in [2.24, 2.45) is 0 Å². The molecule has 0 saturated carbocycles. The zero-order valence-electron chi connectivity index (χ0n) is 10.0. The first kappa shape index (κ1) is 14.1. The monoisotopic (exact) mass is 252 g/mol. The minimum Gasteiger partial charge on any atom is -0.340 e. The Kier molecular flexibility index (Phi) is 5.25. The highest BCUT2D eigenvalue weighted by atomic mass is 19.1. The number of hydrogen-bond acceptors (Lipinski definition) is 2. The van der Waals surface area contributed by atoms with Gasteiger partial charge in [-0.1, -0.05) is 6.92 Å². The molecule has 0 aliphatic carbocycles. The fourth-order valence-electron chi connectivity index (χ4n) is 1.48. The summed E-state index contributed by atoms with van der Waals surface area (Å²) in [4.78, 5) is 11.5. The van der Waals surface area contributed by atoms with Gasteiger partial charge in [-0.15, -0.1) is 0 Å². The van der Waals surface area contributed by atoms with Crippen molar-refractivity contribution < 1.29 is 13.6 Å². The van der Waals surface area contributed by atoms with Gasteiger partial charge in [-0.3, -0.25) is 4.79 Å². The van der Waals surface area contributed by atoms with Crippen molar-refractivity contribution in [1.82, 2.24) is 5.32 Å². The summed E-state index contributed by atoms with van der Waals surface area (Å²) in [6.07, 6.45) is 0.645. The van der Waals surface area contributed by atoms with E-state index in [2.05, 4.69) is 5.32 Å². The molecular weight excluding hydrogens is 238 g/mol. The Morgan fingerprint density at radius 3 is 2.83 bits per heavy atom. The van der Waals surface area contributed by atoms with Gasteiger partial charge in [0.15, 0.2) is 0 Å². The molecule has 0 unspecified atom stereocenters. The van der Waals surface area contributed by atoms with Crippen molar-refractivity contribution in [3.05, 3.63) is 35.4 Å². The lowest BCUT2D eigenvalue weighted by molar-refractivity contribution is -0.121. The lowest BCUT2D eigenvalue weighted by Crippen LogP contribution is -2.33. The highest BCUT2D eigenvalue weighted by Crippen LogP contribution is 2.11. The molecular formula is C13H14F2N2O. The van der Waals surface area contributed by atoms with E-state index < -0.39 is 17.7 Å². The molecule has 0 aliphatic heterocycles. The maximum absolute atomic E-state index is 13.3. The van der Waals surface area contributed by atoms with E-state index in [4.69, 9.17) is 5.26 Å². The van der Waals surface area contributed by atoms with Gasteiger partial charge in [0, 0.05) is 6.42 Å². The average molecular weight is 252 g/mol. The Morgan fingerprint density at radius 1 is 1.50 bits per heavy atom. The summed E-state index contributed by atoms with van der Waals surface area (Å²) >= 11 is 0. The molecule has 0 bridgehead atoms. The van der Waals surface area contributed by atoms with Crippen LogP contribution in [-0.2, 0) is 11.2 Å². The third kappa shape index (κ3) is 4.13. The summed E-state index contributed by atoms with van der Waals surface area (Å²) < 4.78 is 26.1. The Morgan fingerprint density at radius 2 is 2.22 bits per heavy atom. The van der Waals surface area contributed by atoms with Crippen molar-refractivity contribution in [1.29, 1.82) is 5.26 Å². The summed E-state index contributed by atoms with van der Waals surface area (Å²) in [5, 5.41) is 11.2. The van der Waals surface area contributed by atoms with Gasteiger partial charge in [0.05, 0.1) is 6.07 Å². The molecule has 0 aromatic heterocycles. The molecule has 5 heteroatoms. The van der Waals surface area contributed by atoms with Crippen molar-refractivity contribution in [3.8, 4) is 6.07 Å². The molecule has 1 atom stereocenters. The summed E-state index contributed by atoms with van der Waals surface area (Å²) in [6.45, 7) is 1.78. The van der Waals surface area contributed by atoms with Gasteiger partial charge in [-0.05, 0) is 36.6 Å². The first-order chi connectivity index (χ1) is 8.56. The fourth-order valence-corrected chi connectivity index (χ4v) is 1.48. The molecule has 1 rings (SSSR count).